The number of nitrogens with zero attached hydrogens (tertiary/aromatic N) is 3. The van der Waals surface area contributed by atoms with Crippen molar-refractivity contribution < 1.29 is 18.4 Å². The van der Waals surface area contributed by atoms with Crippen LogP contribution < -0.4 is 15.0 Å². The molecule has 0 aliphatic heterocycles. The van der Waals surface area contributed by atoms with Gasteiger partial charge >= 0.3 is 0 Å². The van der Waals surface area contributed by atoms with Gasteiger partial charge in [0.25, 0.3) is 5.82 Å². The zero-order chi connectivity index (χ0) is 20.8. The zero-order valence-corrected chi connectivity index (χ0v) is 19.5. The van der Waals surface area contributed by atoms with Crippen molar-refractivity contribution in [2.24, 2.45) is 0 Å². The molecule has 0 radical (unpaired) electrons. The molecule has 0 spiro atoms. The van der Waals surface area contributed by atoms with Gasteiger partial charge in [0.05, 0.1) is 11.9 Å². The number of nitrogen functional groups attached to an aromatic ring is 1. The lowest BCUT2D eigenvalue weighted by atomic mass is 10.1. The maximum Gasteiger partial charge on any atom is 0.285 e. The number of rotatable bonds is 8. The Morgan fingerprint density at radius 1 is 1.03 bits per heavy atom. The van der Waals surface area contributed by atoms with Crippen molar-refractivity contribution in [3.8, 4) is 17.2 Å². The molecule has 0 fully saturated rings. The van der Waals surface area contributed by atoms with Crippen molar-refractivity contribution in [3.05, 3.63) is 89.9 Å². The normalized spacial score (nSPS) is 10.5. The van der Waals surface area contributed by atoms with Crippen LogP contribution in [0.4, 0.5) is 5.82 Å². The number of benzene rings is 1. The van der Waals surface area contributed by atoms with Gasteiger partial charge in [0, 0.05) is 34.2 Å². The molecule has 4 rings (SSSR count). The highest BCUT2D eigenvalue weighted by atomic mass is 79.9. The summed E-state index contributed by atoms with van der Waals surface area (Å²) < 4.78 is 18.1. The van der Waals surface area contributed by atoms with Gasteiger partial charge in [-0.05, 0) is 29.3 Å². The summed E-state index contributed by atoms with van der Waals surface area (Å²) in [7, 11) is 2.21. The molecule has 4 aromatic rings. The van der Waals surface area contributed by atoms with E-state index in [0.29, 0.717) is 37.2 Å². The quantitative estimate of drug-likeness (QED) is 0.288. The van der Waals surface area contributed by atoms with Crippen LogP contribution in [0.25, 0.3) is 11.3 Å². The van der Waals surface area contributed by atoms with Crippen LogP contribution in [-0.4, -0.2) is 10.1 Å². The molecule has 31 heavy (non-hydrogen) atoms. The number of hydrogen-bond donors (Lipinski definition) is 1. The molecule has 7 nitrogen and oxygen atoms in total. The number of halogens is 1. The van der Waals surface area contributed by atoms with Crippen LogP contribution in [0.5, 0.6) is 5.88 Å². The predicted molar refractivity (Wildman–Crippen MR) is 125 cm³/mol. The first-order valence-corrected chi connectivity index (χ1v) is 9.87. The van der Waals surface area contributed by atoms with E-state index in [4.69, 9.17) is 19.5 Å². The number of nitrogens with two attached hydrogens (primary N) is 1. The summed E-state index contributed by atoms with van der Waals surface area (Å²) in [5.74, 6) is 1.79. The molecule has 3 heterocycles. The Labute approximate surface area is 193 Å². The minimum atomic E-state index is 0. The second-order valence-corrected chi connectivity index (χ2v) is 7.04. The molecular weight excluding hydrogens is 479 g/mol. The summed E-state index contributed by atoms with van der Waals surface area (Å²) in [5.41, 5.74) is 10.0. The molecule has 2 N–H and O–H groups in total. The van der Waals surface area contributed by atoms with Crippen molar-refractivity contribution >= 4 is 32.3 Å². The van der Waals surface area contributed by atoms with E-state index in [2.05, 4.69) is 31.7 Å². The third-order valence-corrected chi connectivity index (χ3v) is 4.73. The molecule has 1 atom stereocenters. The van der Waals surface area contributed by atoms with E-state index in [-0.39, 0.29) is 17.0 Å². The SMILES string of the molecule is Br.Nc1c(-c2cc(Cc3ccc(COc4ccccn4)cc3)no2)ccc[n+]1COP. The lowest BCUT2D eigenvalue weighted by Gasteiger charge is -2.05. The summed E-state index contributed by atoms with van der Waals surface area (Å²) in [6, 6.07) is 19.5. The van der Waals surface area contributed by atoms with E-state index in [1.807, 2.05) is 54.7 Å². The van der Waals surface area contributed by atoms with Crippen LogP contribution in [-0.2, 0) is 24.3 Å². The van der Waals surface area contributed by atoms with Crippen LogP contribution in [0.2, 0.25) is 0 Å². The zero-order valence-electron chi connectivity index (χ0n) is 16.7. The van der Waals surface area contributed by atoms with Gasteiger partial charge < -0.3 is 13.8 Å². The largest absolute Gasteiger partial charge is 0.473 e. The molecule has 0 saturated carbocycles. The van der Waals surface area contributed by atoms with Gasteiger partial charge in [-0.25, -0.2) is 9.55 Å². The first-order chi connectivity index (χ1) is 14.7. The second-order valence-electron chi connectivity index (χ2n) is 6.71. The lowest BCUT2D eigenvalue weighted by Crippen LogP contribution is -2.37. The number of aromatic nitrogens is 3. The summed E-state index contributed by atoms with van der Waals surface area (Å²) in [6.07, 6.45) is 4.22. The number of hydrogen-bond acceptors (Lipinski definition) is 6. The summed E-state index contributed by atoms with van der Waals surface area (Å²) >= 11 is 0. The Bertz CT molecular complexity index is 1110. The van der Waals surface area contributed by atoms with Crippen LogP contribution in [0.15, 0.2) is 77.6 Å². The Morgan fingerprint density at radius 3 is 2.58 bits per heavy atom. The predicted octanol–water partition coefficient (Wildman–Crippen LogP) is 4.12. The van der Waals surface area contributed by atoms with Gasteiger partial charge in [0.2, 0.25) is 5.88 Å². The van der Waals surface area contributed by atoms with E-state index < -0.39 is 0 Å². The van der Waals surface area contributed by atoms with Crippen LogP contribution in [0, 0.1) is 0 Å². The maximum absolute atomic E-state index is 6.22. The fourth-order valence-electron chi connectivity index (χ4n) is 3.04. The molecule has 9 heteroatoms. The summed E-state index contributed by atoms with van der Waals surface area (Å²) in [5, 5.41) is 4.19. The summed E-state index contributed by atoms with van der Waals surface area (Å²) in [6.45, 7) is 0.806. The molecule has 0 saturated heterocycles. The number of pyridine rings is 2. The molecule has 1 unspecified atom stereocenters. The average molecular weight is 502 g/mol. The molecule has 0 bridgehead atoms. The maximum atomic E-state index is 6.22. The van der Waals surface area contributed by atoms with Gasteiger partial charge in [-0.15, -0.1) is 17.0 Å². The standard InChI is InChI=1S/C22H21N4O3P.BrH/c23-22-19(4-3-11-26(22)15-28-30)20-13-18(25-29-20)12-16-6-8-17(9-7-16)14-27-21-5-1-2-10-24-21;/h1-11,13,23H,12,14-15,30H2;1H/p+1. The van der Waals surface area contributed by atoms with Gasteiger partial charge in [-0.3, -0.25) is 5.73 Å². The third-order valence-electron chi connectivity index (χ3n) is 4.59. The van der Waals surface area contributed by atoms with Gasteiger partial charge in [0.15, 0.2) is 12.5 Å². The monoisotopic (exact) mass is 501 g/mol. The molecule has 1 aromatic carbocycles. The highest BCUT2D eigenvalue weighted by Crippen LogP contribution is 2.25. The topological polar surface area (TPSA) is 87.3 Å². The third kappa shape index (κ3) is 5.88. The van der Waals surface area contributed by atoms with Crippen molar-refractivity contribution in [2.45, 2.75) is 19.8 Å². The molecule has 160 valence electrons. The minimum absolute atomic E-state index is 0. The van der Waals surface area contributed by atoms with Crippen molar-refractivity contribution in [1.82, 2.24) is 10.1 Å². The molecular formula is C22H23BrN4O3P+. The van der Waals surface area contributed by atoms with Crippen molar-refractivity contribution in [2.75, 3.05) is 5.73 Å². The van der Waals surface area contributed by atoms with Crippen LogP contribution in [0.1, 0.15) is 16.8 Å². The fraction of sp³-hybridized carbons (Fsp3) is 0.136. The van der Waals surface area contributed by atoms with Crippen LogP contribution in [0.3, 0.4) is 0 Å². The Hall–Kier alpha value is -2.80. The second kappa shape index (κ2) is 11.0. The molecule has 0 aliphatic carbocycles. The minimum Gasteiger partial charge on any atom is -0.473 e. The van der Waals surface area contributed by atoms with Crippen LogP contribution >= 0.6 is 26.4 Å². The Morgan fingerprint density at radius 2 is 1.84 bits per heavy atom. The first kappa shape index (κ1) is 22.9. The lowest BCUT2D eigenvalue weighted by molar-refractivity contribution is -0.710. The highest BCUT2D eigenvalue weighted by Gasteiger charge is 2.17. The number of anilines is 1. The Balaban J connectivity index is 0.00000272. The van der Waals surface area contributed by atoms with E-state index in [1.54, 1.807) is 10.8 Å². The molecule has 0 amide bonds. The first-order valence-electron chi connectivity index (χ1n) is 9.40. The van der Waals surface area contributed by atoms with E-state index in [1.165, 1.54) is 0 Å². The average Bonchev–Trinajstić information content (AvgIpc) is 3.24. The van der Waals surface area contributed by atoms with Gasteiger partial charge in [-0.1, -0.05) is 35.5 Å². The fourth-order valence-corrected chi connectivity index (χ4v) is 3.20. The van der Waals surface area contributed by atoms with Gasteiger partial charge in [0.1, 0.15) is 12.2 Å². The van der Waals surface area contributed by atoms with E-state index in [9.17, 15) is 0 Å². The Kier molecular flexibility index (Phi) is 8.12. The highest BCUT2D eigenvalue weighted by molar-refractivity contribution is 8.93. The van der Waals surface area contributed by atoms with Gasteiger partial charge in [-0.2, -0.15) is 0 Å². The van der Waals surface area contributed by atoms with Crippen molar-refractivity contribution in [3.63, 3.8) is 0 Å². The molecule has 0 aliphatic rings. The summed E-state index contributed by atoms with van der Waals surface area (Å²) in [4.78, 5) is 4.16. The van der Waals surface area contributed by atoms with E-state index in [0.717, 1.165) is 22.4 Å². The molecule has 3 aromatic heterocycles. The van der Waals surface area contributed by atoms with Crippen molar-refractivity contribution in [1.29, 1.82) is 0 Å². The van der Waals surface area contributed by atoms with E-state index >= 15 is 0 Å². The number of ether oxygens (including phenoxy) is 1. The smallest absolute Gasteiger partial charge is 0.285 e.